The highest BCUT2D eigenvalue weighted by atomic mass is 35.5. The average molecular weight is 439 g/mol. The summed E-state index contributed by atoms with van der Waals surface area (Å²) in [4.78, 5) is 32.7. The topological polar surface area (TPSA) is 68.4 Å². The number of amides is 2. The number of anilines is 1. The van der Waals surface area contributed by atoms with Gasteiger partial charge in [0.25, 0.3) is 0 Å². The number of nitrogens with one attached hydrogen (secondary N) is 2. The van der Waals surface area contributed by atoms with Crippen molar-refractivity contribution in [2.75, 3.05) is 38.0 Å². The fraction of sp³-hybridized carbons (Fsp3) is 0.333. The van der Waals surface area contributed by atoms with Gasteiger partial charge in [-0.05, 0) is 43.7 Å². The fourth-order valence-corrected chi connectivity index (χ4v) is 4.28. The second kappa shape index (κ2) is 9.12. The van der Waals surface area contributed by atoms with Gasteiger partial charge in [0.1, 0.15) is 0 Å². The van der Waals surface area contributed by atoms with Gasteiger partial charge in [-0.25, -0.2) is 0 Å². The molecule has 1 aromatic heterocycles. The first-order valence-electron chi connectivity index (χ1n) is 10.5. The lowest BCUT2D eigenvalue weighted by Crippen LogP contribution is -2.50. The molecule has 0 saturated carbocycles. The number of nitrogens with zero attached hydrogens (tertiary/aromatic N) is 2. The number of aryl methyl sites for hydroxylation is 2. The summed E-state index contributed by atoms with van der Waals surface area (Å²) < 4.78 is 0. The number of hydrogen-bond donors (Lipinski definition) is 2. The Morgan fingerprint density at radius 3 is 2.55 bits per heavy atom. The first kappa shape index (κ1) is 21.4. The number of piperazine rings is 1. The molecule has 0 atom stereocenters. The SMILES string of the molecule is Cc1ccc2[nH]c(C)c(CC(=O)N3CCN(CC(=O)Nc4ccccc4Cl)CC3)c2c1. The lowest BCUT2D eigenvalue weighted by atomic mass is 10.0. The molecule has 2 N–H and O–H groups in total. The molecule has 2 heterocycles. The smallest absolute Gasteiger partial charge is 0.238 e. The second-order valence-corrected chi connectivity index (χ2v) is 8.55. The van der Waals surface area contributed by atoms with Crippen LogP contribution in [0.2, 0.25) is 5.02 Å². The van der Waals surface area contributed by atoms with Crippen LogP contribution in [0.5, 0.6) is 0 Å². The quantitative estimate of drug-likeness (QED) is 0.637. The zero-order valence-electron chi connectivity index (χ0n) is 17.9. The summed E-state index contributed by atoms with van der Waals surface area (Å²) >= 11 is 6.10. The van der Waals surface area contributed by atoms with Gasteiger partial charge < -0.3 is 15.2 Å². The maximum absolute atomic E-state index is 13.0. The molecule has 0 spiro atoms. The molecule has 162 valence electrons. The van der Waals surface area contributed by atoms with E-state index < -0.39 is 0 Å². The molecule has 2 aromatic carbocycles. The first-order valence-corrected chi connectivity index (χ1v) is 10.9. The lowest BCUT2D eigenvalue weighted by Gasteiger charge is -2.34. The van der Waals surface area contributed by atoms with E-state index in [0.29, 0.717) is 43.3 Å². The molecular formula is C24H27ClN4O2. The van der Waals surface area contributed by atoms with Crippen molar-refractivity contribution in [1.29, 1.82) is 0 Å². The molecule has 0 aliphatic carbocycles. The number of aromatic nitrogens is 1. The van der Waals surface area contributed by atoms with Gasteiger partial charge in [-0.2, -0.15) is 0 Å². The highest BCUT2D eigenvalue weighted by molar-refractivity contribution is 6.33. The molecule has 1 aliphatic heterocycles. The zero-order valence-corrected chi connectivity index (χ0v) is 18.6. The van der Waals surface area contributed by atoms with E-state index in [1.807, 2.05) is 24.0 Å². The van der Waals surface area contributed by atoms with Crippen molar-refractivity contribution in [3.63, 3.8) is 0 Å². The molecule has 1 aliphatic rings. The van der Waals surface area contributed by atoms with Crippen molar-refractivity contribution in [2.45, 2.75) is 20.3 Å². The minimum Gasteiger partial charge on any atom is -0.358 e. The van der Waals surface area contributed by atoms with E-state index >= 15 is 0 Å². The summed E-state index contributed by atoms with van der Waals surface area (Å²) in [6, 6.07) is 13.5. The largest absolute Gasteiger partial charge is 0.358 e. The van der Waals surface area contributed by atoms with E-state index in [-0.39, 0.29) is 18.4 Å². The number of carbonyl (C=O) groups excluding carboxylic acids is 2. The van der Waals surface area contributed by atoms with Gasteiger partial charge in [0.05, 0.1) is 23.7 Å². The Bertz CT molecular complexity index is 1120. The number of carbonyl (C=O) groups is 2. The molecule has 0 unspecified atom stereocenters. The molecule has 7 heteroatoms. The van der Waals surface area contributed by atoms with Crippen molar-refractivity contribution in [1.82, 2.24) is 14.8 Å². The van der Waals surface area contributed by atoms with Crippen LogP contribution >= 0.6 is 11.6 Å². The molecule has 2 amide bonds. The summed E-state index contributed by atoms with van der Waals surface area (Å²) in [5.74, 6) is 0.0309. The summed E-state index contributed by atoms with van der Waals surface area (Å²) in [7, 11) is 0. The van der Waals surface area contributed by atoms with E-state index in [1.54, 1.807) is 12.1 Å². The summed E-state index contributed by atoms with van der Waals surface area (Å²) in [5, 5.41) is 4.50. The van der Waals surface area contributed by atoms with Crippen LogP contribution in [0.3, 0.4) is 0 Å². The average Bonchev–Trinajstić information content (AvgIpc) is 3.05. The van der Waals surface area contributed by atoms with E-state index in [9.17, 15) is 9.59 Å². The third-order valence-corrected chi connectivity index (χ3v) is 6.17. The lowest BCUT2D eigenvalue weighted by molar-refractivity contribution is -0.132. The predicted octanol–water partition coefficient (Wildman–Crippen LogP) is 3.76. The molecule has 31 heavy (non-hydrogen) atoms. The van der Waals surface area contributed by atoms with Crippen LogP contribution in [0.1, 0.15) is 16.8 Å². The van der Waals surface area contributed by atoms with Crippen molar-refractivity contribution >= 4 is 40.0 Å². The van der Waals surface area contributed by atoms with E-state index in [0.717, 1.165) is 22.2 Å². The highest BCUT2D eigenvalue weighted by Gasteiger charge is 2.24. The van der Waals surface area contributed by atoms with Gasteiger partial charge >= 0.3 is 0 Å². The summed E-state index contributed by atoms with van der Waals surface area (Å²) in [6.07, 6.45) is 0.391. The molecule has 0 radical (unpaired) electrons. The number of para-hydroxylation sites is 1. The van der Waals surface area contributed by atoms with Crippen molar-refractivity contribution in [3.8, 4) is 0 Å². The van der Waals surface area contributed by atoms with Crippen LogP contribution in [0.15, 0.2) is 42.5 Å². The Kier molecular flexibility index (Phi) is 6.30. The molecule has 6 nitrogen and oxygen atoms in total. The van der Waals surface area contributed by atoms with Gasteiger partial charge in [-0.3, -0.25) is 14.5 Å². The third-order valence-electron chi connectivity index (χ3n) is 5.84. The second-order valence-electron chi connectivity index (χ2n) is 8.14. The van der Waals surface area contributed by atoms with Crippen LogP contribution in [-0.2, 0) is 16.0 Å². The zero-order chi connectivity index (χ0) is 22.0. The van der Waals surface area contributed by atoms with Crippen LogP contribution in [-0.4, -0.2) is 59.3 Å². The standard InChI is InChI=1S/C24H27ClN4O2/c1-16-7-8-21-19(13-16)18(17(2)26-21)14-24(31)29-11-9-28(10-12-29)15-23(30)27-22-6-4-3-5-20(22)25/h3-8,13,26H,9-12,14-15H2,1-2H3,(H,27,30). The van der Waals surface area contributed by atoms with Gasteiger partial charge in [-0.15, -0.1) is 0 Å². The van der Waals surface area contributed by atoms with E-state index in [4.69, 9.17) is 11.6 Å². The number of fused-ring (bicyclic) bond motifs is 1. The summed E-state index contributed by atoms with van der Waals surface area (Å²) in [6.45, 7) is 6.97. The molecule has 1 saturated heterocycles. The van der Waals surface area contributed by atoms with Gasteiger partial charge in [0.15, 0.2) is 0 Å². The maximum atomic E-state index is 13.0. The number of rotatable bonds is 5. The number of aromatic amines is 1. The van der Waals surface area contributed by atoms with Crippen molar-refractivity contribution in [2.24, 2.45) is 0 Å². The number of H-pyrrole nitrogens is 1. The van der Waals surface area contributed by atoms with Crippen molar-refractivity contribution < 1.29 is 9.59 Å². The monoisotopic (exact) mass is 438 g/mol. The number of halogens is 1. The van der Waals surface area contributed by atoms with Gasteiger partial charge in [-0.1, -0.05) is 35.4 Å². The Morgan fingerprint density at radius 1 is 1.06 bits per heavy atom. The third kappa shape index (κ3) is 4.92. The number of benzene rings is 2. The molecule has 1 fully saturated rings. The van der Waals surface area contributed by atoms with Gasteiger partial charge in [0.2, 0.25) is 11.8 Å². The van der Waals surface area contributed by atoms with E-state index in [2.05, 4.69) is 40.3 Å². The minimum absolute atomic E-state index is 0.0994. The molecular weight excluding hydrogens is 412 g/mol. The Labute approximate surface area is 187 Å². The van der Waals surface area contributed by atoms with E-state index in [1.165, 1.54) is 5.56 Å². The first-order chi connectivity index (χ1) is 14.9. The normalized spacial score (nSPS) is 14.7. The van der Waals surface area contributed by atoms with Crippen LogP contribution in [0, 0.1) is 13.8 Å². The Hall–Kier alpha value is -2.83. The highest BCUT2D eigenvalue weighted by Crippen LogP contribution is 2.24. The maximum Gasteiger partial charge on any atom is 0.238 e. The Balaban J connectivity index is 1.31. The molecule has 3 aromatic rings. The van der Waals surface area contributed by atoms with Gasteiger partial charge in [0, 0.05) is 42.8 Å². The van der Waals surface area contributed by atoms with Crippen LogP contribution < -0.4 is 5.32 Å². The molecule has 4 rings (SSSR count). The number of hydrogen-bond acceptors (Lipinski definition) is 3. The van der Waals surface area contributed by atoms with Crippen LogP contribution in [0.25, 0.3) is 10.9 Å². The predicted molar refractivity (Wildman–Crippen MR) is 125 cm³/mol. The molecule has 0 bridgehead atoms. The van der Waals surface area contributed by atoms with Crippen LogP contribution in [0.4, 0.5) is 5.69 Å². The summed E-state index contributed by atoms with van der Waals surface area (Å²) in [5.41, 5.74) is 4.99. The fourth-order valence-electron chi connectivity index (χ4n) is 4.10. The minimum atomic E-state index is -0.0994. The Morgan fingerprint density at radius 2 is 1.81 bits per heavy atom. The van der Waals surface area contributed by atoms with Crippen molar-refractivity contribution in [3.05, 3.63) is 64.3 Å².